The maximum absolute atomic E-state index is 12.1. The molecule has 8 heteroatoms. The first-order chi connectivity index (χ1) is 9.29. The SMILES string of the molecule is CC(NS(=O)(=O)c1ccc(O)c(N)c1)C(=O)NC1CC1. The Morgan fingerprint density at radius 1 is 1.45 bits per heavy atom. The lowest BCUT2D eigenvalue weighted by Gasteiger charge is -2.14. The molecule has 0 bridgehead atoms. The van der Waals surface area contributed by atoms with E-state index in [9.17, 15) is 18.3 Å². The van der Waals surface area contributed by atoms with Crippen LogP contribution in [-0.2, 0) is 14.8 Å². The molecule has 2 rings (SSSR count). The van der Waals surface area contributed by atoms with Crippen LogP contribution in [0.25, 0.3) is 0 Å². The second-order valence-corrected chi connectivity index (χ2v) is 6.56. The van der Waals surface area contributed by atoms with Gasteiger partial charge < -0.3 is 16.2 Å². The third-order valence-corrected chi connectivity index (χ3v) is 4.50. The molecule has 1 aliphatic rings. The number of carbonyl (C=O) groups is 1. The van der Waals surface area contributed by atoms with E-state index in [1.165, 1.54) is 19.1 Å². The summed E-state index contributed by atoms with van der Waals surface area (Å²) in [6.45, 7) is 1.47. The lowest BCUT2D eigenvalue weighted by Crippen LogP contribution is -2.45. The van der Waals surface area contributed by atoms with E-state index in [1.807, 2.05) is 0 Å². The van der Waals surface area contributed by atoms with Crippen LogP contribution in [0.1, 0.15) is 19.8 Å². The molecule has 1 atom stereocenters. The number of benzene rings is 1. The number of hydrogen-bond acceptors (Lipinski definition) is 5. The molecular weight excluding hydrogens is 282 g/mol. The topological polar surface area (TPSA) is 122 Å². The van der Waals surface area contributed by atoms with Crippen molar-refractivity contribution in [2.75, 3.05) is 5.73 Å². The van der Waals surface area contributed by atoms with Crippen molar-refractivity contribution >= 4 is 21.6 Å². The standard InChI is InChI=1S/C12H17N3O4S/c1-7(12(17)14-8-2-3-8)15-20(18,19)9-4-5-11(16)10(13)6-9/h4-8,15-16H,2-3,13H2,1H3,(H,14,17). The first-order valence-electron chi connectivity index (χ1n) is 6.21. The minimum absolute atomic E-state index is 0.0389. The van der Waals surface area contributed by atoms with Crippen molar-refractivity contribution in [2.24, 2.45) is 0 Å². The molecule has 1 aromatic carbocycles. The van der Waals surface area contributed by atoms with Crippen LogP contribution in [0, 0.1) is 0 Å². The van der Waals surface area contributed by atoms with E-state index in [0.29, 0.717) is 0 Å². The van der Waals surface area contributed by atoms with Crippen LogP contribution in [0.5, 0.6) is 5.75 Å². The van der Waals surface area contributed by atoms with Crippen molar-refractivity contribution in [3.05, 3.63) is 18.2 Å². The van der Waals surface area contributed by atoms with Gasteiger partial charge in [0.15, 0.2) is 0 Å². The molecule has 7 nitrogen and oxygen atoms in total. The summed E-state index contributed by atoms with van der Waals surface area (Å²) in [6.07, 6.45) is 1.86. The Kier molecular flexibility index (Phi) is 3.87. The minimum Gasteiger partial charge on any atom is -0.506 e. The maximum Gasteiger partial charge on any atom is 0.241 e. The molecule has 110 valence electrons. The van der Waals surface area contributed by atoms with E-state index in [1.54, 1.807) is 0 Å². The highest BCUT2D eigenvalue weighted by atomic mass is 32.2. The molecule has 1 aromatic rings. The number of hydrogen-bond donors (Lipinski definition) is 4. The van der Waals surface area contributed by atoms with Crippen LogP contribution >= 0.6 is 0 Å². The molecule has 0 radical (unpaired) electrons. The monoisotopic (exact) mass is 299 g/mol. The van der Waals surface area contributed by atoms with Gasteiger partial charge in [0, 0.05) is 6.04 Å². The van der Waals surface area contributed by atoms with Gasteiger partial charge >= 0.3 is 0 Å². The van der Waals surface area contributed by atoms with Gasteiger partial charge in [-0.05, 0) is 38.0 Å². The Morgan fingerprint density at radius 2 is 2.10 bits per heavy atom. The Hall–Kier alpha value is -1.80. The number of phenols is 1. The second-order valence-electron chi connectivity index (χ2n) is 4.85. The second kappa shape index (κ2) is 5.29. The average Bonchev–Trinajstić information content (AvgIpc) is 3.15. The van der Waals surface area contributed by atoms with Crippen LogP contribution < -0.4 is 15.8 Å². The van der Waals surface area contributed by atoms with Crippen LogP contribution in [0.2, 0.25) is 0 Å². The van der Waals surface area contributed by atoms with Gasteiger partial charge in [-0.25, -0.2) is 8.42 Å². The molecule has 5 N–H and O–H groups in total. The fourth-order valence-electron chi connectivity index (χ4n) is 1.61. The average molecular weight is 299 g/mol. The highest BCUT2D eigenvalue weighted by molar-refractivity contribution is 7.89. The molecule has 0 spiro atoms. The van der Waals surface area contributed by atoms with Crippen LogP contribution in [0.4, 0.5) is 5.69 Å². The van der Waals surface area contributed by atoms with Gasteiger partial charge in [-0.1, -0.05) is 0 Å². The van der Waals surface area contributed by atoms with Gasteiger partial charge in [-0.3, -0.25) is 4.79 Å². The summed E-state index contributed by atoms with van der Waals surface area (Å²) in [5, 5.41) is 12.0. The zero-order chi connectivity index (χ0) is 14.9. The number of nitrogens with one attached hydrogen (secondary N) is 2. The summed E-state index contributed by atoms with van der Waals surface area (Å²) in [5.74, 6) is -0.550. The van der Waals surface area contributed by atoms with Crippen LogP contribution in [-0.4, -0.2) is 31.5 Å². The van der Waals surface area contributed by atoms with Crippen molar-refractivity contribution in [2.45, 2.75) is 36.7 Å². The summed E-state index contributed by atoms with van der Waals surface area (Å²) in [4.78, 5) is 11.6. The highest BCUT2D eigenvalue weighted by Crippen LogP contribution is 2.23. The molecule has 0 saturated heterocycles. The lowest BCUT2D eigenvalue weighted by atomic mass is 10.3. The quantitative estimate of drug-likeness (QED) is 0.447. The molecule has 0 aromatic heterocycles. The normalized spacial score (nSPS) is 16.6. The fourth-order valence-corrected chi connectivity index (χ4v) is 2.85. The zero-order valence-electron chi connectivity index (χ0n) is 11.0. The van der Waals surface area contributed by atoms with Gasteiger partial charge in [0.2, 0.25) is 15.9 Å². The van der Waals surface area contributed by atoms with E-state index in [0.717, 1.165) is 18.9 Å². The summed E-state index contributed by atoms with van der Waals surface area (Å²) in [7, 11) is -3.86. The number of rotatable bonds is 5. The molecule has 0 aliphatic heterocycles. The maximum atomic E-state index is 12.1. The Morgan fingerprint density at radius 3 is 2.65 bits per heavy atom. The fraction of sp³-hybridized carbons (Fsp3) is 0.417. The number of phenolic OH excluding ortho intramolecular Hbond substituents is 1. The number of sulfonamides is 1. The number of nitrogen functional groups attached to an aromatic ring is 1. The van der Waals surface area contributed by atoms with Crippen LogP contribution in [0.3, 0.4) is 0 Å². The number of anilines is 1. The van der Waals surface area contributed by atoms with E-state index >= 15 is 0 Å². The minimum atomic E-state index is -3.86. The molecule has 1 aliphatic carbocycles. The third-order valence-electron chi connectivity index (χ3n) is 2.96. The molecule has 1 saturated carbocycles. The number of aromatic hydroxyl groups is 1. The number of carbonyl (C=O) groups excluding carboxylic acids is 1. The van der Waals surface area contributed by atoms with Crippen LogP contribution in [0.15, 0.2) is 23.1 Å². The highest BCUT2D eigenvalue weighted by Gasteiger charge is 2.28. The first-order valence-corrected chi connectivity index (χ1v) is 7.69. The van der Waals surface area contributed by atoms with Gasteiger partial charge in [0.25, 0.3) is 0 Å². The van der Waals surface area contributed by atoms with Gasteiger partial charge in [-0.2, -0.15) is 4.72 Å². The predicted octanol–water partition coefficient (Wildman–Crippen LogP) is -0.0802. The zero-order valence-corrected chi connectivity index (χ0v) is 11.8. The summed E-state index contributed by atoms with van der Waals surface area (Å²) >= 11 is 0. The van der Waals surface area contributed by atoms with Crippen molar-refractivity contribution in [3.63, 3.8) is 0 Å². The van der Waals surface area contributed by atoms with E-state index < -0.39 is 16.1 Å². The Labute approximate surface area is 117 Å². The molecule has 20 heavy (non-hydrogen) atoms. The molecular formula is C12H17N3O4S. The van der Waals surface area contributed by atoms with Crippen molar-refractivity contribution in [3.8, 4) is 5.75 Å². The largest absolute Gasteiger partial charge is 0.506 e. The van der Waals surface area contributed by atoms with Gasteiger partial charge in [0.05, 0.1) is 16.6 Å². The first kappa shape index (κ1) is 14.6. The molecule has 1 amide bonds. The number of nitrogens with two attached hydrogens (primary N) is 1. The van der Waals surface area contributed by atoms with E-state index in [-0.39, 0.29) is 28.3 Å². The van der Waals surface area contributed by atoms with Gasteiger partial charge in [-0.15, -0.1) is 0 Å². The summed E-state index contributed by atoms with van der Waals surface area (Å²) in [5.41, 5.74) is 5.42. The Bertz CT molecular complexity index is 626. The third kappa shape index (κ3) is 3.40. The van der Waals surface area contributed by atoms with Crippen molar-refractivity contribution in [1.82, 2.24) is 10.0 Å². The van der Waals surface area contributed by atoms with Crippen molar-refractivity contribution < 1.29 is 18.3 Å². The van der Waals surface area contributed by atoms with Gasteiger partial charge in [0.1, 0.15) is 5.75 Å². The molecule has 1 fully saturated rings. The molecule has 0 heterocycles. The summed E-state index contributed by atoms with van der Waals surface area (Å²) < 4.78 is 26.4. The Balaban J connectivity index is 2.09. The van der Waals surface area contributed by atoms with E-state index in [2.05, 4.69) is 10.0 Å². The van der Waals surface area contributed by atoms with E-state index in [4.69, 9.17) is 5.73 Å². The number of amides is 1. The predicted molar refractivity (Wildman–Crippen MR) is 73.5 cm³/mol. The van der Waals surface area contributed by atoms with Crippen molar-refractivity contribution in [1.29, 1.82) is 0 Å². The smallest absolute Gasteiger partial charge is 0.241 e. The summed E-state index contributed by atoms with van der Waals surface area (Å²) in [6, 6.07) is 2.84. The molecule has 1 unspecified atom stereocenters. The lowest BCUT2D eigenvalue weighted by molar-refractivity contribution is -0.122.